The highest BCUT2D eigenvalue weighted by Crippen LogP contribution is 2.05. The van der Waals surface area contributed by atoms with Crippen molar-refractivity contribution in [2.75, 3.05) is 20.6 Å². The molecule has 1 atom stereocenters. The molecule has 0 spiro atoms. The van der Waals surface area contributed by atoms with E-state index in [4.69, 9.17) is 0 Å². The molecular weight excluding hydrogens is 248 g/mol. The van der Waals surface area contributed by atoms with E-state index in [9.17, 15) is 0 Å². The van der Waals surface area contributed by atoms with Crippen LogP contribution in [0.2, 0.25) is 19.6 Å². The molecule has 1 aromatic carbocycles. The molecular formula is C16H30N2Si. The molecule has 0 saturated carbocycles. The number of rotatable bonds is 7. The molecule has 1 unspecified atom stereocenters. The molecule has 0 aliphatic carbocycles. The molecule has 0 aliphatic rings. The fourth-order valence-corrected chi connectivity index (χ4v) is 3.14. The summed E-state index contributed by atoms with van der Waals surface area (Å²) in [6.07, 6.45) is 1.19. The van der Waals surface area contributed by atoms with Crippen LogP contribution in [0.5, 0.6) is 0 Å². The zero-order valence-corrected chi connectivity index (χ0v) is 14.5. The molecule has 1 N–H and O–H groups in total. The van der Waals surface area contributed by atoms with E-state index in [1.807, 2.05) is 0 Å². The molecule has 0 aliphatic heterocycles. The maximum atomic E-state index is 3.60. The minimum absolute atomic E-state index is 0.569. The summed E-state index contributed by atoms with van der Waals surface area (Å²) in [5.41, 5.74) is 1.39. The lowest BCUT2D eigenvalue weighted by molar-refractivity contribution is 0.365. The minimum atomic E-state index is -1.15. The van der Waals surface area contributed by atoms with Crippen LogP contribution in [-0.2, 0) is 6.54 Å². The van der Waals surface area contributed by atoms with Crippen LogP contribution >= 0.6 is 0 Å². The lowest BCUT2D eigenvalue weighted by atomic mass is 10.2. The van der Waals surface area contributed by atoms with Crippen molar-refractivity contribution in [3.63, 3.8) is 0 Å². The smallest absolute Gasteiger partial charge is 0.0775 e. The Bertz CT molecular complexity index is 365. The second-order valence-corrected chi connectivity index (χ2v) is 11.9. The third-order valence-corrected chi connectivity index (χ3v) is 5.55. The maximum absolute atomic E-state index is 3.60. The molecule has 108 valence electrons. The fraction of sp³-hybridized carbons (Fsp3) is 0.625. The third kappa shape index (κ3) is 6.37. The summed E-state index contributed by atoms with van der Waals surface area (Å²) in [4.78, 5) is 2.24. The summed E-state index contributed by atoms with van der Waals surface area (Å²) in [6, 6.07) is 9.75. The molecule has 0 heterocycles. The van der Waals surface area contributed by atoms with Crippen LogP contribution in [0.3, 0.4) is 0 Å². The first-order valence-corrected chi connectivity index (χ1v) is 10.8. The first-order valence-electron chi connectivity index (χ1n) is 7.26. The van der Waals surface area contributed by atoms with Gasteiger partial charge >= 0.3 is 0 Å². The molecule has 3 heteroatoms. The van der Waals surface area contributed by atoms with Gasteiger partial charge in [-0.1, -0.05) is 49.1 Å². The van der Waals surface area contributed by atoms with E-state index in [1.54, 1.807) is 0 Å². The summed E-state index contributed by atoms with van der Waals surface area (Å²) in [7, 11) is 3.10. The monoisotopic (exact) mass is 278 g/mol. The molecule has 0 radical (unpaired) electrons. The van der Waals surface area contributed by atoms with Crippen LogP contribution < -0.4 is 10.5 Å². The van der Waals surface area contributed by atoms with Gasteiger partial charge in [0, 0.05) is 12.6 Å². The van der Waals surface area contributed by atoms with Crippen LogP contribution in [0.1, 0.15) is 18.9 Å². The van der Waals surface area contributed by atoms with Gasteiger partial charge in [0.15, 0.2) is 0 Å². The molecule has 0 bridgehead atoms. The van der Waals surface area contributed by atoms with Crippen molar-refractivity contribution in [1.82, 2.24) is 10.2 Å². The van der Waals surface area contributed by atoms with Crippen LogP contribution in [0, 0.1) is 0 Å². The van der Waals surface area contributed by atoms with Crippen molar-refractivity contribution in [3.05, 3.63) is 29.8 Å². The Balaban J connectivity index is 2.42. The first kappa shape index (κ1) is 16.4. The van der Waals surface area contributed by atoms with Gasteiger partial charge in [0.25, 0.3) is 0 Å². The molecule has 0 aromatic heterocycles. The van der Waals surface area contributed by atoms with Gasteiger partial charge in [0.2, 0.25) is 0 Å². The van der Waals surface area contributed by atoms with Crippen LogP contribution in [-0.4, -0.2) is 39.7 Å². The zero-order valence-electron chi connectivity index (χ0n) is 13.5. The van der Waals surface area contributed by atoms with E-state index in [-0.39, 0.29) is 0 Å². The second-order valence-electron chi connectivity index (χ2n) is 6.82. The SMILES string of the molecule is CC(CCN(C)C)NCc1ccc([Si](C)(C)C)cc1. The average molecular weight is 279 g/mol. The van der Waals surface area contributed by atoms with Gasteiger partial charge in [-0.05, 0) is 39.5 Å². The van der Waals surface area contributed by atoms with Gasteiger partial charge in [-0.3, -0.25) is 0 Å². The average Bonchev–Trinajstić information content (AvgIpc) is 2.33. The Morgan fingerprint density at radius 1 is 1.11 bits per heavy atom. The Morgan fingerprint density at radius 2 is 1.68 bits per heavy atom. The normalized spacial score (nSPS) is 13.8. The number of nitrogens with zero attached hydrogens (tertiary/aromatic N) is 1. The van der Waals surface area contributed by atoms with Crippen molar-refractivity contribution >= 4 is 13.3 Å². The van der Waals surface area contributed by atoms with Crippen LogP contribution in [0.4, 0.5) is 0 Å². The largest absolute Gasteiger partial charge is 0.310 e. The van der Waals surface area contributed by atoms with E-state index in [0.29, 0.717) is 6.04 Å². The van der Waals surface area contributed by atoms with Crippen molar-refractivity contribution in [2.45, 2.75) is 45.6 Å². The van der Waals surface area contributed by atoms with Crippen molar-refractivity contribution < 1.29 is 0 Å². The molecule has 0 amide bonds. The predicted molar refractivity (Wildman–Crippen MR) is 88.9 cm³/mol. The number of nitrogens with one attached hydrogen (secondary N) is 1. The predicted octanol–water partition coefficient (Wildman–Crippen LogP) is 2.66. The van der Waals surface area contributed by atoms with E-state index < -0.39 is 8.07 Å². The maximum Gasteiger partial charge on any atom is 0.0775 e. The van der Waals surface area contributed by atoms with Crippen molar-refractivity contribution in [2.24, 2.45) is 0 Å². The zero-order chi connectivity index (χ0) is 14.5. The Kier molecular flexibility index (Phi) is 6.24. The minimum Gasteiger partial charge on any atom is -0.310 e. The van der Waals surface area contributed by atoms with E-state index >= 15 is 0 Å². The third-order valence-electron chi connectivity index (χ3n) is 3.48. The Labute approximate surface area is 120 Å². The standard InChI is InChI=1S/C16H30N2Si/c1-14(11-12-18(2)3)17-13-15-7-9-16(10-8-15)19(4,5)6/h7-10,14,17H,11-13H2,1-6H3. The molecule has 1 rings (SSSR count). The quantitative estimate of drug-likeness (QED) is 0.772. The summed E-state index contributed by atoms with van der Waals surface area (Å²) < 4.78 is 0. The number of benzene rings is 1. The van der Waals surface area contributed by atoms with E-state index in [1.165, 1.54) is 17.2 Å². The Morgan fingerprint density at radius 3 is 2.16 bits per heavy atom. The molecule has 0 saturated heterocycles. The topological polar surface area (TPSA) is 15.3 Å². The summed E-state index contributed by atoms with van der Waals surface area (Å²) in [5, 5.41) is 5.14. The van der Waals surface area contributed by atoms with E-state index in [0.717, 1.165) is 13.1 Å². The van der Waals surface area contributed by atoms with Crippen LogP contribution in [0.25, 0.3) is 0 Å². The van der Waals surface area contributed by atoms with Crippen molar-refractivity contribution in [1.29, 1.82) is 0 Å². The number of hydrogen-bond donors (Lipinski definition) is 1. The summed E-state index contributed by atoms with van der Waals surface area (Å²) >= 11 is 0. The summed E-state index contributed by atoms with van der Waals surface area (Å²) in [5.74, 6) is 0. The molecule has 1 aromatic rings. The van der Waals surface area contributed by atoms with Gasteiger partial charge in [0.05, 0.1) is 8.07 Å². The highest BCUT2D eigenvalue weighted by molar-refractivity contribution is 6.88. The summed E-state index contributed by atoms with van der Waals surface area (Å²) in [6.45, 7) is 11.6. The molecule has 2 nitrogen and oxygen atoms in total. The van der Waals surface area contributed by atoms with Gasteiger partial charge in [-0.15, -0.1) is 0 Å². The lowest BCUT2D eigenvalue weighted by Gasteiger charge is -2.18. The highest BCUT2D eigenvalue weighted by atomic mass is 28.3. The van der Waals surface area contributed by atoms with Crippen LogP contribution in [0.15, 0.2) is 24.3 Å². The van der Waals surface area contributed by atoms with E-state index in [2.05, 4.69) is 75.1 Å². The van der Waals surface area contributed by atoms with Gasteiger partial charge in [0.1, 0.15) is 0 Å². The van der Waals surface area contributed by atoms with Gasteiger partial charge in [-0.25, -0.2) is 0 Å². The second kappa shape index (κ2) is 7.22. The van der Waals surface area contributed by atoms with Gasteiger partial charge < -0.3 is 10.2 Å². The Hall–Kier alpha value is -0.643. The van der Waals surface area contributed by atoms with Gasteiger partial charge in [-0.2, -0.15) is 0 Å². The number of hydrogen-bond acceptors (Lipinski definition) is 2. The van der Waals surface area contributed by atoms with Crippen molar-refractivity contribution in [3.8, 4) is 0 Å². The lowest BCUT2D eigenvalue weighted by Crippen LogP contribution is -2.37. The fourth-order valence-electron chi connectivity index (χ4n) is 1.97. The molecule has 0 fully saturated rings. The highest BCUT2D eigenvalue weighted by Gasteiger charge is 2.15. The molecule has 19 heavy (non-hydrogen) atoms. The first-order chi connectivity index (χ1) is 8.79.